The highest BCUT2D eigenvalue weighted by molar-refractivity contribution is 7.22. The summed E-state index contributed by atoms with van der Waals surface area (Å²) >= 11 is 1.34. The third-order valence-corrected chi connectivity index (χ3v) is 7.42. The molecule has 7 heteroatoms. The van der Waals surface area contributed by atoms with Crippen LogP contribution in [0.25, 0.3) is 10.2 Å². The van der Waals surface area contributed by atoms with Crippen LogP contribution in [0.2, 0.25) is 0 Å². The van der Waals surface area contributed by atoms with Gasteiger partial charge in [-0.05, 0) is 60.6 Å². The van der Waals surface area contributed by atoms with Crippen molar-refractivity contribution < 1.29 is 13.2 Å². The summed E-state index contributed by atoms with van der Waals surface area (Å²) < 4.78 is 40.1. The maximum atomic E-state index is 13.2. The van der Waals surface area contributed by atoms with Crippen LogP contribution in [0.4, 0.5) is 18.3 Å². The largest absolute Gasteiger partial charge is 0.416 e. The van der Waals surface area contributed by atoms with Crippen molar-refractivity contribution in [2.45, 2.75) is 65.5 Å². The number of aromatic nitrogens is 1. The molecule has 34 heavy (non-hydrogen) atoms. The summed E-state index contributed by atoms with van der Waals surface area (Å²) in [7, 11) is 0. The lowest BCUT2D eigenvalue weighted by Gasteiger charge is -2.25. The van der Waals surface area contributed by atoms with Crippen molar-refractivity contribution in [1.82, 2.24) is 4.98 Å². The number of alkyl halides is 3. The maximum Gasteiger partial charge on any atom is 0.416 e. The van der Waals surface area contributed by atoms with E-state index in [1.165, 1.54) is 48.1 Å². The Balaban J connectivity index is 1.84. The highest BCUT2D eigenvalue weighted by atomic mass is 32.1. The van der Waals surface area contributed by atoms with Crippen molar-refractivity contribution in [3.8, 4) is 0 Å². The molecule has 0 aliphatic rings. The molecule has 3 nitrogen and oxygen atoms in total. The summed E-state index contributed by atoms with van der Waals surface area (Å²) in [5.74, 6) is 0.651. The molecule has 0 radical (unpaired) electrons. The van der Waals surface area contributed by atoms with Gasteiger partial charge in [-0.1, -0.05) is 69.1 Å². The second-order valence-corrected chi connectivity index (χ2v) is 9.99. The third-order valence-electron chi connectivity index (χ3n) is 6.34. The van der Waals surface area contributed by atoms with Crippen molar-refractivity contribution in [1.29, 1.82) is 5.41 Å². The molecule has 1 N–H and O–H groups in total. The van der Waals surface area contributed by atoms with Gasteiger partial charge in [-0.3, -0.25) is 0 Å². The quantitative estimate of drug-likeness (QED) is 0.260. The van der Waals surface area contributed by atoms with E-state index in [1.807, 2.05) is 13.0 Å². The van der Waals surface area contributed by atoms with Gasteiger partial charge in [-0.25, -0.2) is 4.98 Å². The van der Waals surface area contributed by atoms with Gasteiger partial charge in [0.2, 0.25) is 0 Å². The minimum absolute atomic E-state index is 0.569. The highest BCUT2D eigenvalue weighted by Crippen LogP contribution is 2.35. The maximum absolute atomic E-state index is 13.2. The Morgan fingerprint density at radius 3 is 2.38 bits per heavy atom. The van der Waals surface area contributed by atoms with E-state index < -0.39 is 11.7 Å². The van der Waals surface area contributed by atoms with E-state index in [-0.39, 0.29) is 0 Å². The van der Waals surface area contributed by atoms with Gasteiger partial charge in [0.25, 0.3) is 0 Å². The first-order chi connectivity index (χ1) is 16.2. The first-order valence-electron chi connectivity index (χ1n) is 12.1. The van der Waals surface area contributed by atoms with Crippen LogP contribution in [0.3, 0.4) is 0 Å². The van der Waals surface area contributed by atoms with Crippen LogP contribution in [-0.2, 0) is 12.6 Å². The monoisotopic (exact) mass is 489 g/mol. The second kappa shape index (κ2) is 11.8. The summed E-state index contributed by atoms with van der Waals surface area (Å²) in [6, 6.07) is 9.94. The normalized spacial score (nSPS) is 12.0. The Bertz CT molecular complexity index is 1080. The van der Waals surface area contributed by atoms with Crippen molar-refractivity contribution in [2.75, 3.05) is 18.0 Å². The van der Waals surface area contributed by atoms with Crippen molar-refractivity contribution in [2.24, 2.45) is 5.92 Å². The fourth-order valence-corrected chi connectivity index (χ4v) is 5.49. The van der Waals surface area contributed by atoms with E-state index in [0.29, 0.717) is 16.1 Å². The lowest BCUT2D eigenvalue weighted by Crippen LogP contribution is -2.28. The highest BCUT2D eigenvalue weighted by Gasteiger charge is 2.31. The molecule has 0 amide bonds. The van der Waals surface area contributed by atoms with E-state index in [4.69, 9.17) is 10.4 Å². The zero-order valence-electron chi connectivity index (χ0n) is 20.2. The van der Waals surface area contributed by atoms with Gasteiger partial charge in [0, 0.05) is 19.3 Å². The Labute approximate surface area is 204 Å². The molecular formula is C27H34F3N3S. The molecule has 3 rings (SSSR count). The Morgan fingerprint density at radius 1 is 1.03 bits per heavy atom. The summed E-state index contributed by atoms with van der Waals surface area (Å²) in [6.07, 6.45) is 3.58. The van der Waals surface area contributed by atoms with Gasteiger partial charge in [-0.2, -0.15) is 13.2 Å². The standard InChI is InChI=1S/C27H34F3N3S/c1-4-6-20(7-5-2)12-14-33(15-13-21-8-9-22(18-31)19(3)16-21)26-32-24-11-10-23(27(28,29)30)17-25(24)34-26/h8-11,16-18,20,31H,4-7,12-15H2,1-3H3. The SMILES string of the molecule is CCCC(CCC)CCN(CCc1ccc(C=N)c(C)c1)c1nc2ccc(C(F)(F)F)cc2s1. The van der Waals surface area contributed by atoms with Gasteiger partial charge in [0.15, 0.2) is 5.13 Å². The molecule has 0 spiro atoms. The number of thiazole rings is 1. The van der Waals surface area contributed by atoms with Gasteiger partial charge in [-0.15, -0.1) is 0 Å². The number of fused-ring (bicyclic) bond motifs is 1. The number of nitrogens with one attached hydrogen (secondary N) is 1. The van der Waals surface area contributed by atoms with Crippen LogP contribution in [-0.4, -0.2) is 24.3 Å². The van der Waals surface area contributed by atoms with E-state index in [0.717, 1.165) is 61.1 Å². The number of hydrogen-bond acceptors (Lipinski definition) is 4. The molecule has 0 aliphatic carbocycles. The van der Waals surface area contributed by atoms with E-state index in [2.05, 4.69) is 30.9 Å². The predicted molar refractivity (Wildman–Crippen MR) is 138 cm³/mol. The first kappa shape index (κ1) is 26.2. The van der Waals surface area contributed by atoms with Gasteiger partial charge < -0.3 is 10.3 Å². The van der Waals surface area contributed by atoms with Crippen LogP contribution in [0.1, 0.15) is 68.2 Å². The number of aryl methyl sites for hydroxylation is 1. The van der Waals surface area contributed by atoms with E-state index >= 15 is 0 Å². The molecule has 1 aromatic heterocycles. The molecule has 0 unspecified atom stereocenters. The number of benzene rings is 2. The third kappa shape index (κ3) is 6.81. The van der Waals surface area contributed by atoms with Gasteiger partial charge in [0.05, 0.1) is 15.8 Å². The van der Waals surface area contributed by atoms with Crippen molar-refractivity contribution >= 4 is 32.9 Å². The van der Waals surface area contributed by atoms with Crippen LogP contribution >= 0.6 is 11.3 Å². The van der Waals surface area contributed by atoms with Crippen LogP contribution in [0.15, 0.2) is 36.4 Å². The van der Waals surface area contributed by atoms with Gasteiger partial charge in [0.1, 0.15) is 0 Å². The number of hydrogen-bond donors (Lipinski definition) is 1. The van der Waals surface area contributed by atoms with E-state index in [9.17, 15) is 13.2 Å². The molecule has 184 valence electrons. The Hall–Kier alpha value is -2.41. The van der Waals surface area contributed by atoms with Crippen LogP contribution < -0.4 is 4.90 Å². The number of anilines is 1. The summed E-state index contributed by atoms with van der Waals surface area (Å²) in [5.41, 5.74) is 3.16. The lowest BCUT2D eigenvalue weighted by molar-refractivity contribution is -0.137. The average Bonchev–Trinajstić information content (AvgIpc) is 3.22. The van der Waals surface area contributed by atoms with Crippen molar-refractivity contribution in [3.63, 3.8) is 0 Å². The minimum Gasteiger partial charge on any atom is -0.348 e. The molecule has 3 aromatic rings. The fourth-order valence-electron chi connectivity index (χ4n) is 4.43. The molecule has 0 aliphatic heterocycles. The molecule has 0 saturated carbocycles. The smallest absolute Gasteiger partial charge is 0.348 e. The van der Waals surface area contributed by atoms with Crippen LogP contribution in [0, 0.1) is 18.3 Å². The predicted octanol–water partition coefficient (Wildman–Crippen LogP) is 8.28. The molecule has 0 bridgehead atoms. The summed E-state index contributed by atoms with van der Waals surface area (Å²) in [4.78, 5) is 6.96. The topological polar surface area (TPSA) is 40.0 Å². The number of halogens is 3. The molecule has 0 atom stereocenters. The van der Waals surface area contributed by atoms with Gasteiger partial charge >= 0.3 is 6.18 Å². The first-order valence-corrected chi connectivity index (χ1v) is 12.9. The molecular weight excluding hydrogens is 455 g/mol. The molecule has 0 fully saturated rings. The number of rotatable bonds is 12. The van der Waals surface area contributed by atoms with Crippen molar-refractivity contribution in [3.05, 3.63) is 58.7 Å². The van der Waals surface area contributed by atoms with Crippen LogP contribution in [0.5, 0.6) is 0 Å². The number of nitrogens with zero attached hydrogens (tertiary/aromatic N) is 2. The second-order valence-electron chi connectivity index (χ2n) is 8.98. The molecule has 0 saturated heterocycles. The lowest BCUT2D eigenvalue weighted by atomic mass is 9.94. The Morgan fingerprint density at radius 2 is 1.76 bits per heavy atom. The average molecular weight is 490 g/mol. The molecule has 1 heterocycles. The van der Waals surface area contributed by atoms with E-state index in [1.54, 1.807) is 0 Å². The summed E-state index contributed by atoms with van der Waals surface area (Å²) in [6.45, 7) is 8.03. The Kier molecular flexibility index (Phi) is 9.11. The molecule has 2 aromatic carbocycles. The zero-order chi connectivity index (χ0) is 24.7. The zero-order valence-corrected chi connectivity index (χ0v) is 21.0. The minimum atomic E-state index is -4.36. The summed E-state index contributed by atoms with van der Waals surface area (Å²) in [5, 5.41) is 8.28. The fraction of sp³-hybridized carbons (Fsp3) is 0.481.